The summed E-state index contributed by atoms with van der Waals surface area (Å²) in [4.78, 5) is 34.5. The van der Waals surface area contributed by atoms with Gasteiger partial charge in [0.2, 0.25) is 0 Å². The minimum absolute atomic E-state index is 0.0573. The predicted molar refractivity (Wildman–Crippen MR) is 178 cm³/mol. The fraction of sp³-hybridized carbons (Fsp3) is 0.941. The van der Waals surface area contributed by atoms with Gasteiger partial charge in [0.05, 0.1) is 13.2 Å². The van der Waals surface area contributed by atoms with Crippen LogP contribution in [0.25, 0.3) is 0 Å². The minimum atomic E-state index is -4.35. The molecule has 0 spiro atoms. The molecular weight excluding hydrogens is 581 g/mol. The molecule has 0 radical (unpaired) electrons. The molecule has 44 heavy (non-hydrogen) atoms. The second-order valence-electron chi connectivity index (χ2n) is 12.1. The highest BCUT2D eigenvalue weighted by Crippen LogP contribution is 2.43. The quantitative estimate of drug-likeness (QED) is 0.0397. The molecule has 0 aliphatic carbocycles. The van der Waals surface area contributed by atoms with Crippen LogP contribution in [0.5, 0.6) is 0 Å². The van der Waals surface area contributed by atoms with Crippen LogP contribution in [0.1, 0.15) is 174 Å². The largest absolute Gasteiger partial charge is 0.472 e. The van der Waals surface area contributed by atoms with Gasteiger partial charge in [0, 0.05) is 19.4 Å². The number of carbonyl (C=O) groups is 2. The second kappa shape index (κ2) is 32.0. The van der Waals surface area contributed by atoms with E-state index in [0.717, 1.165) is 38.5 Å². The summed E-state index contributed by atoms with van der Waals surface area (Å²) in [5, 5.41) is 0. The maximum atomic E-state index is 12.4. The Kier molecular flexibility index (Phi) is 31.3. The number of ether oxygens (including phenoxy) is 2. The van der Waals surface area contributed by atoms with E-state index < -0.39 is 26.5 Å². The van der Waals surface area contributed by atoms with Crippen molar-refractivity contribution >= 4 is 19.8 Å². The van der Waals surface area contributed by atoms with Gasteiger partial charge in [-0.2, -0.15) is 0 Å². The Morgan fingerprint density at radius 1 is 0.591 bits per heavy atom. The van der Waals surface area contributed by atoms with E-state index in [9.17, 15) is 19.0 Å². The molecule has 0 fully saturated rings. The lowest BCUT2D eigenvalue weighted by atomic mass is 10.0. The minimum Gasteiger partial charge on any atom is -0.462 e. The Bertz CT molecular complexity index is 709. The molecule has 0 aliphatic heterocycles. The first-order valence-corrected chi connectivity index (χ1v) is 19.5. The molecule has 0 aromatic rings. The van der Waals surface area contributed by atoms with E-state index in [1.807, 2.05) is 0 Å². The standard InChI is InChI=1S/C34H68NO8P/c1-3-5-7-9-11-12-13-14-15-16-17-18-19-21-22-24-26-33(36)40-30-32(31-42-44(38,39)41-29-28-35)43-34(37)27-25-23-20-10-8-6-4-2/h32H,3-31,35H2,1-2H3,(H,38,39)/t32-/m1/s1. The van der Waals surface area contributed by atoms with Gasteiger partial charge in [-0.1, -0.05) is 149 Å². The molecular formula is C34H68NO8P. The molecule has 0 saturated heterocycles. The third-order valence-corrected chi connectivity index (χ3v) is 8.73. The summed E-state index contributed by atoms with van der Waals surface area (Å²) in [6.07, 6.45) is 27.2. The molecule has 10 heteroatoms. The molecule has 0 amide bonds. The molecule has 0 rings (SSSR count). The van der Waals surface area contributed by atoms with Gasteiger partial charge < -0.3 is 20.1 Å². The first-order valence-electron chi connectivity index (χ1n) is 18.0. The molecule has 9 nitrogen and oxygen atoms in total. The van der Waals surface area contributed by atoms with Crippen LogP contribution in [0.4, 0.5) is 0 Å². The van der Waals surface area contributed by atoms with Crippen LogP contribution in [0.15, 0.2) is 0 Å². The fourth-order valence-electron chi connectivity index (χ4n) is 5.05. The van der Waals surface area contributed by atoms with Crippen LogP contribution < -0.4 is 5.73 Å². The summed E-state index contributed by atoms with van der Waals surface area (Å²) in [5.74, 6) is -0.827. The van der Waals surface area contributed by atoms with Crippen molar-refractivity contribution in [3.8, 4) is 0 Å². The number of phosphoric acid groups is 1. The second-order valence-corrected chi connectivity index (χ2v) is 13.6. The van der Waals surface area contributed by atoms with Crippen molar-refractivity contribution < 1.29 is 37.6 Å². The van der Waals surface area contributed by atoms with E-state index in [1.165, 1.54) is 103 Å². The third-order valence-electron chi connectivity index (χ3n) is 7.74. The topological polar surface area (TPSA) is 134 Å². The lowest BCUT2D eigenvalue weighted by Gasteiger charge is -2.19. The smallest absolute Gasteiger partial charge is 0.462 e. The average molecular weight is 650 g/mol. The molecule has 0 bridgehead atoms. The van der Waals surface area contributed by atoms with Crippen molar-refractivity contribution in [3.63, 3.8) is 0 Å². The van der Waals surface area contributed by atoms with Gasteiger partial charge in [0.25, 0.3) is 0 Å². The molecule has 1 unspecified atom stereocenters. The number of unbranched alkanes of at least 4 members (excludes halogenated alkanes) is 21. The maximum Gasteiger partial charge on any atom is 0.472 e. The van der Waals surface area contributed by atoms with Crippen LogP contribution in [-0.2, 0) is 32.7 Å². The highest BCUT2D eigenvalue weighted by Gasteiger charge is 2.25. The molecule has 0 aliphatic rings. The number of rotatable bonds is 34. The predicted octanol–water partition coefficient (Wildman–Crippen LogP) is 9.33. The van der Waals surface area contributed by atoms with Crippen LogP contribution in [0.2, 0.25) is 0 Å². The number of hydrogen-bond acceptors (Lipinski definition) is 8. The maximum absolute atomic E-state index is 12.4. The van der Waals surface area contributed by atoms with Gasteiger partial charge in [-0.3, -0.25) is 18.6 Å². The first kappa shape index (κ1) is 43.0. The highest BCUT2D eigenvalue weighted by molar-refractivity contribution is 7.47. The van der Waals surface area contributed by atoms with Crippen LogP contribution in [0.3, 0.4) is 0 Å². The molecule has 0 heterocycles. The SMILES string of the molecule is CCCCCCCCCCCCCCCCCCC(=O)OC[C@H](COP(=O)(O)OCCN)OC(=O)CCCCCCCCC. The Hall–Kier alpha value is -0.990. The first-order chi connectivity index (χ1) is 21.3. The summed E-state index contributed by atoms with van der Waals surface area (Å²) in [6.45, 7) is 3.68. The lowest BCUT2D eigenvalue weighted by Crippen LogP contribution is -2.29. The molecule has 0 aromatic heterocycles. The zero-order valence-corrected chi connectivity index (χ0v) is 29.3. The van der Waals surface area contributed by atoms with Gasteiger partial charge in [0.1, 0.15) is 6.61 Å². The number of nitrogens with two attached hydrogens (primary N) is 1. The zero-order valence-electron chi connectivity index (χ0n) is 28.4. The monoisotopic (exact) mass is 649 g/mol. The van der Waals surface area contributed by atoms with Crippen molar-refractivity contribution in [1.29, 1.82) is 0 Å². The molecule has 262 valence electrons. The van der Waals surface area contributed by atoms with E-state index in [2.05, 4.69) is 13.8 Å². The molecule has 0 aromatic carbocycles. The van der Waals surface area contributed by atoms with E-state index in [1.54, 1.807) is 0 Å². The van der Waals surface area contributed by atoms with E-state index in [0.29, 0.717) is 6.42 Å². The van der Waals surface area contributed by atoms with Crippen LogP contribution in [0, 0.1) is 0 Å². The number of hydrogen-bond donors (Lipinski definition) is 2. The zero-order chi connectivity index (χ0) is 32.6. The van der Waals surface area contributed by atoms with Gasteiger partial charge in [-0.05, 0) is 12.8 Å². The van der Waals surface area contributed by atoms with Gasteiger partial charge >= 0.3 is 19.8 Å². The number of esters is 2. The van der Waals surface area contributed by atoms with Crippen molar-refractivity contribution in [2.24, 2.45) is 5.73 Å². The Balaban J connectivity index is 4.10. The normalized spacial score (nSPS) is 13.5. The van der Waals surface area contributed by atoms with Crippen LogP contribution in [-0.4, -0.2) is 49.3 Å². The molecule has 2 atom stereocenters. The third kappa shape index (κ3) is 31.0. The van der Waals surface area contributed by atoms with E-state index in [4.69, 9.17) is 24.3 Å². The van der Waals surface area contributed by atoms with Crippen molar-refractivity contribution in [3.05, 3.63) is 0 Å². The highest BCUT2D eigenvalue weighted by atomic mass is 31.2. The fourth-order valence-corrected chi connectivity index (χ4v) is 5.81. The Morgan fingerprint density at radius 2 is 0.977 bits per heavy atom. The van der Waals surface area contributed by atoms with Crippen LogP contribution >= 0.6 is 7.82 Å². The summed E-state index contributed by atoms with van der Waals surface area (Å²) in [7, 11) is -4.35. The van der Waals surface area contributed by atoms with E-state index in [-0.39, 0.29) is 38.6 Å². The van der Waals surface area contributed by atoms with Gasteiger partial charge in [0.15, 0.2) is 6.10 Å². The van der Waals surface area contributed by atoms with Gasteiger partial charge in [-0.15, -0.1) is 0 Å². The Morgan fingerprint density at radius 3 is 1.39 bits per heavy atom. The van der Waals surface area contributed by atoms with Crippen molar-refractivity contribution in [2.45, 2.75) is 180 Å². The lowest BCUT2D eigenvalue weighted by molar-refractivity contribution is -0.161. The Labute approximate surface area is 269 Å². The summed E-state index contributed by atoms with van der Waals surface area (Å²) < 4.78 is 32.5. The van der Waals surface area contributed by atoms with Gasteiger partial charge in [-0.25, -0.2) is 4.57 Å². The molecule has 0 saturated carbocycles. The van der Waals surface area contributed by atoms with Crippen molar-refractivity contribution in [1.82, 2.24) is 0 Å². The summed E-state index contributed by atoms with van der Waals surface area (Å²) in [5.41, 5.74) is 5.31. The molecule has 3 N–H and O–H groups in total. The van der Waals surface area contributed by atoms with Crippen molar-refractivity contribution in [2.75, 3.05) is 26.4 Å². The number of carbonyl (C=O) groups excluding carboxylic acids is 2. The number of phosphoric ester groups is 1. The summed E-state index contributed by atoms with van der Waals surface area (Å²) >= 11 is 0. The summed E-state index contributed by atoms with van der Waals surface area (Å²) in [6, 6.07) is 0. The average Bonchev–Trinajstić information content (AvgIpc) is 3.00. The van der Waals surface area contributed by atoms with E-state index >= 15 is 0 Å².